The summed E-state index contributed by atoms with van der Waals surface area (Å²) in [5.41, 5.74) is -0.547. The van der Waals surface area contributed by atoms with Crippen LogP contribution in [0.4, 0.5) is 30.2 Å². The summed E-state index contributed by atoms with van der Waals surface area (Å²) in [6.45, 7) is 8.76. The molecule has 5 amide bonds. The van der Waals surface area contributed by atoms with Gasteiger partial charge in [-0.3, -0.25) is 43.8 Å². The summed E-state index contributed by atoms with van der Waals surface area (Å²) >= 11 is 0. The number of alkyl halides is 3. The minimum Gasteiger partial charge on any atom is -0.371 e. The maximum Gasteiger partial charge on any atom is 0.417 e. The van der Waals surface area contributed by atoms with Crippen molar-refractivity contribution in [2.45, 2.75) is 63.3 Å². The van der Waals surface area contributed by atoms with Crippen LogP contribution in [0.15, 0.2) is 48.8 Å². The van der Waals surface area contributed by atoms with Gasteiger partial charge in [0.2, 0.25) is 11.8 Å². The Kier molecular flexibility index (Phi) is 8.91. The maximum absolute atomic E-state index is 13.5. The third-order valence-electron chi connectivity index (χ3n) is 13.3. The van der Waals surface area contributed by atoms with E-state index in [9.17, 15) is 37.1 Å². The average Bonchev–Trinajstić information content (AvgIpc) is 4.02. The SMILES string of the molecule is CC(C)(C(=O)Nc1ccc(C#N)c(C(F)(F)F)c1)n1cc(N2CC3CN(C4CC5CN(c6ccc7c(c6)C(=O)N(C6CCC(=O)NC6=O)C7=O)CC5C4)CC3C2)cn1. The number of piperidine rings is 1. The Hall–Kier alpha value is -5.76. The smallest absolute Gasteiger partial charge is 0.371 e. The van der Waals surface area contributed by atoms with Crippen LogP contribution in [-0.4, -0.2) is 100 Å². The number of aromatic nitrogens is 2. The molecule has 2 N–H and O–H groups in total. The molecule has 2 aromatic carbocycles. The van der Waals surface area contributed by atoms with Gasteiger partial charge in [-0.15, -0.1) is 0 Å². The zero-order valence-corrected chi connectivity index (χ0v) is 32.0. The van der Waals surface area contributed by atoms with Crippen LogP contribution in [0.25, 0.3) is 0 Å². The molecule has 5 unspecified atom stereocenters. The molecule has 1 aromatic heterocycles. The molecular weight excluding hydrogens is 756 g/mol. The summed E-state index contributed by atoms with van der Waals surface area (Å²) in [5.74, 6) is -0.563. The second-order valence-electron chi connectivity index (χ2n) is 17.1. The molecule has 0 bridgehead atoms. The second kappa shape index (κ2) is 13.7. The molecule has 5 aliphatic heterocycles. The lowest BCUT2D eigenvalue weighted by molar-refractivity contribution is -0.138. The molecule has 58 heavy (non-hydrogen) atoms. The molecule has 14 nitrogen and oxygen atoms in total. The molecule has 1 saturated carbocycles. The minimum atomic E-state index is -4.74. The van der Waals surface area contributed by atoms with Crippen LogP contribution in [0.5, 0.6) is 0 Å². The first-order valence-corrected chi connectivity index (χ1v) is 19.7. The van der Waals surface area contributed by atoms with E-state index in [1.807, 2.05) is 12.3 Å². The highest BCUT2D eigenvalue weighted by molar-refractivity contribution is 6.23. The molecule has 0 radical (unpaired) electrons. The summed E-state index contributed by atoms with van der Waals surface area (Å²) in [7, 11) is 0. The number of nitrogens with zero attached hydrogens (tertiary/aromatic N) is 7. The molecule has 6 aliphatic rings. The van der Waals surface area contributed by atoms with Crippen molar-refractivity contribution in [3.05, 3.63) is 71.0 Å². The van der Waals surface area contributed by atoms with E-state index in [1.165, 1.54) is 10.7 Å². The molecule has 302 valence electrons. The van der Waals surface area contributed by atoms with Gasteiger partial charge in [-0.1, -0.05) is 0 Å². The van der Waals surface area contributed by atoms with Crippen LogP contribution >= 0.6 is 0 Å². The van der Waals surface area contributed by atoms with Crippen LogP contribution in [-0.2, 0) is 26.1 Å². The molecule has 5 atom stereocenters. The molecule has 17 heteroatoms. The molecular formula is C41H42F3N9O5. The number of carbonyl (C=O) groups is 5. The quantitative estimate of drug-likeness (QED) is 0.336. The number of hydrogen-bond donors (Lipinski definition) is 2. The highest BCUT2D eigenvalue weighted by atomic mass is 19.4. The largest absolute Gasteiger partial charge is 0.417 e. The predicted molar refractivity (Wildman–Crippen MR) is 202 cm³/mol. The van der Waals surface area contributed by atoms with Gasteiger partial charge in [-0.25, -0.2) is 0 Å². The standard InChI is InChI=1S/C41H42F3N9O5/c1-40(2,39(58)47-27-4-3-22(13-45)33(11-27)41(42,43)44)52-21-30(14-46-52)51-19-25-17-50(18-26(25)20-51)29-9-23-15-49(16-24(23)10-29)28-5-6-31-32(12-28)38(57)53(37(31)56)34-7-8-35(54)48-36(34)55/h3-6,11-12,14,21,23-26,29,34H,7-10,15-20H2,1-2H3,(H,47,58)(H,48,54,55). The summed E-state index contributed by atoms with van der Waals surface area (Å²) < 4.78 is 42.0. The van der Waals surface area contributed by atoms with Gasteiger partial charge in [0.15, 0.2) is 0 Å². The number of halogens is 3. The number of nitrogens with one attached hydrogen (secondary N) is 2. The molecule has 1 aliphatic carbocycles. The van der Waals surface area contributed by atoms with Gasteiger partial charge < -0.3 is 15.1 Å². The molecule has 3 aromatic rings. The molecule has 6 heterocycles. The van der Waals surface area contributed by atoms with Crippen molar-refractivity contribution in [1.82, 2.24) is 24.9 Å². The zero-order chi connectivity index (χ0) is 40.8. The van der Waals surface area contributed by atoms with Crippen LogP contribution in [0.2, 0.25) is 0 Å². The number of amides is 5. The maximum atomic E-state index is 13.5. The number of benzene rings is 2. The topological polar surface area (TPSA) is 164 Å². The van der Waals surface area contributed by atoms with Gasteiger partial charge in [0.05, 0.1) is 40.2 Å². The van der Waals surface area contributed by atoms with E-state index in [4.69, 9.17) is 5.26 Å². The highest BCUT2D eigenvalue weighted by Crippen LogP contribution is 2.45. The minimum absolute atomic E-state index is 0.0611. The molecule has 9 rings (SSSR count). The van der Waals surface area contributed by atoms with Crippen molar-refractivity contribution in [1.29, 1.82) is 5.26 Å². The second-order valence-corrected chi connectivity index (χ2v) is 17.1. The van der Waals surface area contributed by atoms with Crippen molar-refractivity contribution in [3.8, 4) is 6.07 Å². The lowest BCUT2D eigenvalue weighted by Crippen LogP contribution is -2.54. The van der Waals surface area contributed by atoms with Gasteiger partial charge >= 0.3 is 6.18 Å². The van der Waals surface area contributed by atoms with Gasteiger partial charge in [0.25, 0.3) is 17.7 Å². The van der Waals surface area contributed by atoms with E-state index < -0.39 is 58.4 Å². The van der Waals surface area contributed by atoms with Gasteiger partial charge in [0, 0.05) is 69.3 Å². The molecule has 5 fully saturated rings. The van der Waals surface area contributed by atoms with Crippen molar-refractivity contribution in [2.75, 3.05) is 54.4 Å². The summed E-state index contributed by atoms with van der Waals surface area (Å²) in [4.78, 5) is 72.3. The highest BCUT2D eigenvalue weighted by Gasteiger charge is 2.49. The average molecular weight is 798 g/mol. The number of likely N-dealkylation sites (tertiary alicyclic amines) is 1. The Bertz CT molecular complexity index is 2270. The number of fused-ring (bicyclic) bond motifs is 3. The van der Waals surface area contributed by atoms with Crippen molar-refractivity contribution in [3.63, 3.8) is 0 Å². The summed E-state index contributed by atoms with van der Waals surface area (Å²) in [6.07, 6.45) is 1.19. The first-order valence-electron chi connectivity index (χ1n) is 19.7. The van der Waals surface area contributed by atoms with Crippen LogP contribution in [0, 0.1) is 35.0 Å². The van der Waals surface area contributed by atoms with Crippen molar-refractivity contribution in [2.24, 2.45) is 23.7 Å². The molecule has 0 spiro atoms. The zero-order valence-electron chi connectivity index (χ0n) is 32.0. The van der Waals surface area contributed by atoms with E-state index in [2.05, 4.69) is 30.4 Å². The molecule has 4 saturated heterocycles. The predicted octanol–water partition coefficient (Wildman–Crippen LogP) is 3.83. The Labute approximate surface area is 331 Å². The number of rotatable bonds is 7. The van der Waals surface area contributed by atoms with E-state index in [0.717, 1.165) is 80.5 Å². The summed E-state index contributed by atoms with van der Waals surface area (Å²) in [6, 6.07) is 9.50. The first kappa shape index (κ1) is 37.8. The fourth-order valence-electron chi connectivity index (χ4n) is 10.1. The number of carbonyl (C=O) groups excluding carboxylic acids is 5. The number of hydrogen-bond acceptors (Lipinski definition) is 10. The fraction of sp³-hybridized carbons (Fsp3) is 0.488. The number of anilines is 3. The number of imide groups is 2. The van der Waals surface area contributed by atoms with Crippen LogP contribution < -0.4 is 20.4 Å². The normalized spacial score (nSPS) is 27.2. The van der Waals surface area contributed by atoms with Crippen LogP contribution in [0.1, 0.15) is 71.4 Å². The van der Waals surface area contributed by atoms with Gasteiger partial charge in [-0.2, -0.15) is 23.5 Å². The Morgan fingerprint density at radius 3 is 2.17 bits per heavy atom. The van der Waals surface area contributed by atoms with Gasteiger partial charge in [0.1, 0.15) is 11.6 Å². The van der Waals surface area contributed by atoms with Crippen molar-refractivity contribution >= 4 is 46.6 Å². The Morgan fingerprint density at radius 2 is 1.52 bits per heavy atom. The third kappa shape index (κ3) is 6.37. The van der Waals surface area contributed by atoms with Crippen molar-refractivity contribution < 1.29 is 37.1 Å². The van der Waals surface area contributed by atoms with E-state index in [0.29, 0.717) is 35.3 Å². The lowest BCUT2D eigenvalue weighted by atomic mass is 10.0. The summed E-state index contributed by atoms with van der Waals surface area (Å²) in [5, 5.41) is 18.4. The number of nitriles is 1. The van der Waals surface area contributed by atoms with E-state index >= 15 is 0 Å². The fourth-order valence-corrected chi connectivity index (χ4v) is 10.1. The lowest BCUT2D eigenvalue weighted by Gasteiger charge is -2.29. The van der Waals surface area contributed by atoms with E-state index in [-0.39, 0.29) is 24.1 Å². The monoisotopic (exact) mass is 797 g/mol. The van der Waals surface area contributed by atoms with Gasteiger partial charge in [-0.05, 0) is 93.2 Å². The van der Waals surface area contributed by atoms with Crippen LogP contribution in [0.3, 0.4) is 0 Å². The Balaban J connectivity index is 0.776. The van der Waals surface area contributed by atoms with E-state index in [1.54, 1.807) is 38.2 Å². The Morgan fingerprint density at radius 1 is 0.862 bits per heavy atom. The first-order chi connectivity index (χ1) is 27.6. The third-order valence-corrected chi connectivity index (χ3v) is 13.3.